The van der Waals surface area contributed by atoms with Crippen molar-refractivity contribution < 1.29 is 9.18 Å². The summed E-state index contributed by atoms with van der Waals surface area (Å²) >= 11 is 0. The van der Waals surface area contributed by atoms with E-state index < -0.39 is 0 Å². The van der Waals surface area contributed by atoms with Gasteiger partial charge in [-0.25, -0.2) is 9.07 Å². The molecule has 0 aliphatic carbocycles. The fraction of sp³-hybridized carbons (Fsp3) is 0.231. The molecule has 0 spiro atoms. The Labute approximate surface area is 98.9 Å². The summed E-state index contributed by atoms with van der Waals surface area (Å²) in [5, 5.41) is 4.11. The van der Waals surface area contributed by atoms with Crippen LogP contribution in [0.3, 0.4) is 0 Å². The van der Waals surface area contributed by atoms with Gasteiger partial charge < -0.3 is 0 Å². The Morgan fingerprint density at radius 2 is 2.06 bits per heavy atom. The lowest BCUT2D eigenvalue weighted by Crippen LogP contribution is -2.02. The molecule has 1 aromatic heterocycles. The zero-order valence-corrected chi connectivity index (χ0v) is 9.99. The molecule has 0 fully saturated rings. The van der Waals surface area contributed by atoms with Gasteiger partial charge in [0.15, 0.2) is 5.78 Å². The second-order valence-corrected chi connectivity index (χ2v) is 4.05. The molecule has 17 heavy (non-hydrogen) atoms. The van der Waals surface area contributed by atoms with Crippen LogP contribution in [0.4, 0.5) is 4.39 Å². The van der Waals surface area contributed by atoms with E-state index in [0.717, 1.165) is 5.69 Å². The van der Waals surface area contributed by atoms with Crippen molar-refractivity contribution in [1.82, 2.24) is 9.78 Å². The van der Waals surface area contributed by atoms with Gasteiger partial charge in [0.05, 0.1) is 23.1 Å². The maximum absolute atomic E-state index is 13.5. The Bertz CT molecular complexity index is 587. The highest BCUT2D eigenvalue weighted by molar-refractivity contribution is 5.95. The third-order valence-electron chi connectivity index (χ3n) is 2.79. The number of Topliss-reactive ketones (excluding diaryl/α,β-unsaturated/α-hetero) is 1. The first-order valence-corrected chi connectivity index (χ1v) is 5.33. The Balaban J connectivity index is 2.53. The minimum atomic E-state index is -0.276. The number of ketones is 1. The fourth-order valence-electron chi connectivity index (χ4n) is 1.73. The number of aromatic nitrogens is 2. The number of hydrogen-bond acceptors (Lipinski definition) is 2. The number of aryl methyl sites for hydroxylation is 1. The number of halogens is 1. The third kappa shape index (κ3) is 1.98. The van der Waals surface area contributed by atoms with Crippen LogP contribution in [0.5, 0.6) is 0 Å². The standard InChI is InChI=1S/C13H13FN2O/c1-8-4-5-11(6-13(8)14)16-9(2)12(7-15-16)10(3)17/h4-7H,1-3H3. The zero-order chi connectivity index (χ0) is 12.6. The topological polar surface area (TPSA) is 34.9 Å². The van der Waals surface area contributed by atoms with Crippen molar-refractivity contribution in [2.24, 2.45) is 0 Å². The number of nitrogens with zero attached hydrogens (tertiary/aromatic N) is 2. The second kappa shape index (κ2) is 4.13. The summed E-state index contributed by atoms with van der Waals surface area (Å²) in [6.07, 6.45) is 1.51. The molecular formula is C13H13FN2O. The molecule has 1 aromatic carbocycles. The lowest BCUT2D eigenvalue weighted by molar-refractivity contribution is 0.101. The summed E-state index contributed by atoms with van der Waals surface area (Å²) < 4.78 is 15.0. The van der Waals surface area contributed by atoms with Gasteiger partial charge in [0.2, 0.25) is 0 Å². The van der Waals surface area contributed by atoms with Crippen LogP contribution in [0.1, 0.15) is 28.5 Å². The summed E-state index contributed by atoms with van der Waals surface area (Å²) in [6.45, 7) is 4.99. The van der Waals surface area contributed by atoms with E-state index in [1.165, 1.54) is 19.2 Å². The summed E-state index contributed by atoms with van der Waals surface area (Å²) in [5.41, 5.74) is 2.50. The van der Waals surface area contributed by atoms with E-state index in [0.29, 0.717) is 16.8 Å². The average Bonchev–Trinajstić information content (AvgIpc) is 2.64. The maximum Gasteiger partial charge on any atom is 0.163 e. The summed E-state index contributed by atoms with van der Waals surface area (Å²) in [5.74, 6) is -0.317. The lowest BCUT2D eigenvalue weighted by atomic mass is 10.2. The van der Waals surface area contributed by atoms with E-state index in [1.807, 2.05) is 0 Å². The third-order valence-corrected chi connectivity index (χ3v) is 2.79. The quantitative estimate of drug-likeness (QED) is 0.746. The van der Waals surface area contributed by atoms with Crippen LogP contribution in [0, 0.1) is 19.7 Å². The first-order valence-electron chi connectivity index (χ1n) is 5.33. The molecule has 0 unspecified atom stereocenters. The van der Waals surface area contributed by atoms with Crippen LogP contribution in [0.2, 0.25) is 0 Å². The van der Waals surface area contributed by atoms with Crippen LogP contribution in [0.25, 0.3) is 5.69 Å². The number of carbonyl (C=O) groups is 1. The van der Waals surface area contributed by atoms with E-state index in [2.05, 4.69) is 5.10 Å². The Hall–Kier alpha value is -1.97. The van der Waals surface area contributed by atoms with Crippen molar-refractivity contribution in [3.63, 3.8) is 0 Å². The summed E-state index contributed by atoms with van der Waals surface area (Å²) in [4.78, 5) is 11.3. The minimum Gasteiger partial charge on any atom is -0.294 e. The van der Waals surface area contributed by atoms with Crippen molar-refractivity contribution in [3.05, 3.63) is 47.0 Å². The monoisotopic (exact) mass is 232 g/mol. The lowest BCUT2D eigenvalue weighted by Gasteiger charge is -2.06. The molecule has 0 aliphatic heterocycles. The first-order chi connectivity index (χ1) is 8.00. The van der Waals surface area contributed by atoms with Crippen molar-refractivity contribution >= 4 is 5.78 Å². The van der Waals surface area contributed by atoms with E-state index in [-0.39, 0.29) is 11.6 Å². The Kier molecular flexibility index (Phi) is 2.79. The summed E-state index contributed by atoms with van der Waals surface area (Å²) in [6, 6.07) is 4.89. The number of rotatable bonds is 2. The van der Waals surface area contributed by atoms with E-state index in [4.69, 9.17) is 0 Å². The normalized spacial score (nSPS) is 10.6. The van der Waals surface area contributed by atoms with Crippen LogP contribution in [0.15, 0.2) is 24.4 Å². The van der Waals surface area contributed by atoms with Gasteiger partial charge in [0.25, 0.3) is 0 Å². The second-order valence-electron chi connectivity index (χ2n) is 4.05. The van der Waals surface area contributed by atoms with Gasteiger partial charge in [-0.15, -0.1) is 0 Å². The van der Waals surface area contributed by atoms with Crippen LogP contribution in [-0.2, 0) is 0 Å². The largest absolute Gasteiger partial charge is 0.294 e. The highest BCUT2D eigenvalue weighted by atomic mass is 19.1. The van der Waals surface area contributed by atoms with Gasteiger partial charge in [-0.1, -0.05) is 6.07 Å². The molecule has 0 amide bonds. The highest BCUT2D eigenvalue weighted by Crippen LogP contribution is 2.17. The predicted octanol–water partition coefficient (Wildman–Crippen LogP) is 2.83. The van der Waals surface area contributed by atoms with Crippen molar-refractivity contribution in [3.8, 4) is 5.69 Å². The molecule has 1 heterocycles. The van der Waals surface area contributed by atoms with Crippen molar-refractivity contribution in [2.45, 2.75) is 20.8 Å². The number of benzene rings is 1. The molecule has 0 bridgehead atoms. The number of carbonyl (C=O) groups excluding carboxylic acids is 1. The van der Waals surface area contributed by atoms with Crippen LogP contribution in [-0.4, -0.2) is 15.6 Å². The fourth-order valence-corrected chi connectivity index (χ4v) is 1.73. The van der Waals surface area contributed by atoms with E-state index >= 15 is 0 Å². The Morgan fingerprint density at radius 1 is 1.35 bits per heavy atom. The van der Waals surface area contributed by atoms with Gasteiger partial charge in [0.1, 0.15) is 5.82 Å². The van der Waals surface area contributed by atoms with Gasteiger partial charge in [-0.2, -0.15) is 5.10 Å². The molecule has 0 N–H and O–H groups in total. The first kappa shape index (κ1) is 11.5. The maximum atomic E-state index is 13.5. The molecule has 3 nitrogen and oxygen atoms in total. The van der Waals surface area contributed by atoms with Gasteiger partial charge in [-0.05, 0) is 38.5 Å². The average molecular weight is 232 g/mol. The minimum absolute atomic E-state index is 0.0404. The molecule has 0 saturated carbocycles. The molecular weight excluding hydrogens is 219 g/mol. The molecule has 0 radical (unpaired) electrons. The zero-order valence-electron chi connectivity index (χ0n) is 9.99. The Morgan fingerprint density at radius 3 is 2.59 bits per heavy atom. The summed E-state index contributed by atoms with van der Waals surface area (Å²) in [7, 11) is 0. The highest BCUT2D eigenvalue weighted by Gasteiger charge is 2.12. The smallest absolute Gasteiger partial charge is 0.163 e. The van der Waals surface area contributed by atoms with Crippen molar-refractivity contribution in [1.29, 1.82) is 0 Å². The number of hydrogen-bond donors (Lipinski definition) is 0. The molecule has 0 atom stereocenters. The van der Waals surface area contributed by atoms with Gasteiger partial charge in [0, 0.05) is 0 Å². The molecule has 4 heteroatoms. The predicted molar refractivity (Wildman–Crippen MR) is 63.0 cm³/mol. The SMILES string of the molecule is CC(=O)c1cnn(-c2ccc(C)c(F)c2)c1C. The van der Waals surface area contributed by atoms with E-state index in [9.17, 15) is 9.18 Å². The van der Waals surface area contributed by atoms with Gasteiger partial charge >= 0.3 is 0 Å². The molecule has 88 valence electrons. The van der Waals surface area contributed by atoms with Crippen molar-refractivity contribution in [2.75, 3.05) is 0 Å². The molecule has 2 rings (SSSR count). The molecule has 0 saturated heterocycles. The van der Waals surface area contributed by atoms with Gasteiger partial charge in [-0.3, -0.25) is 4.79 Å². The molecule has 0 aliphatic rings. The van der Waals surface area contributed by atoms with E-state index in [1.54, 1.807) is 30.7 Å². The molecule has 2 aromatic rings. The van der Waals surface area contributed by atoms with Crippen LogP contribution >= 0.6 is 0 Å². The van der Waals surface area contributed by atoms with Crippen LogP contribution < -0.4 is 0 Å².